The van der Waals surface area contributed by atoms with Gasteiger partial charge < -0.3 is 10.1 Å². The topological polar surface area (TPSA) is 84.5 Å². The average molecular weight is 414 g/mol. The summed E-state index contributed by atoms with van der Waals surface area (Å²) in [6, 6.07) is 16.3. The lowest BCUT2D eigenvalue weighted by Gasteiger charge is -2.12. The number of para-hydroxylation sites is 2. The van der Waals surface area contributed by atoms with E-state index in [-0.39, 0.29) is 16.1 Å². The molecule has 0 fully saturated rings. The minimum absolute atomic E-state index is 0.0262. The number of hydrogen-bond donors (Lipinski definition) is 2. The molecule has 0 aliphatic heterocycles. The first-order valence-electron chi connectivity index (χ1n) is 8.63. The van der Waals surface area contributed by atoms with Gasteiger partial charge in [0, 0.05) is 5.56 Å². The normalized spacial score (nSPS) is 11.0. The summed E-state index contributed by atoms with van der Waals surface area (Å²) in [5, 5.41) is 2.48. The number of hydrogen-bond acceptors (Lipinski definition) is 4. The van der Waals surface area contributed by atoms with E-state index in [1.54, 1.807) is 37.3 Å². The standard InChI is InChI=1S/C21H19FN2O4S/c1-14-7-12-17(22)19(13-14)23-21(25)15-8-10-16(11-9-15)29(26,27)24-18-5-3-4-6-20(18)28-2/h3-13,24H,1-2H3,(H,23,25). The van der Waals surface area contributed by atoms with Crippen molar-refractivity contribution in [3.05, 3.63) is 83.7 Å². The number of methoxy groups -OCH3 is 1. The van der Waals surface area contributed by atoms with Gasteiger partial charge in [-0.15, -0.1) is 0 Å². The first-order valence-corrected chi connectivity index (χ1v) is 10.1. The highest BCUT2D eigenvalue weighted by Crippen LogP contribution is 2.26. The van der Waals surface area contributed by atoms with E-state index in [9.17, 15) is 17.6 Å². The summed E-state index contributed by atoms with van der Waals surface area (Å²) < 4.78 is 46.6. The third-order valence-corrected chi connectivity index (χ3v) is 5.53. The fraction of sp³-hybridized carbons (Fsp3) is 0.0952. The lowest BCUT2D eigenvalue weighted by molar-refractivity contribution is 0.102. The van der Waals surface area contributed by atoms with Crippen molar-refractivity contribution in [1.29, 1.82) is 0 Å². The summed E-state index contributed by atoms with van der Waals surface area (Å²) in [5.41, 5.74) is 1.35. The molecule has 0 saturated heterocycles. The molecule has 0 aliphatic rings. The fourth-order valence-corrected chi connectivity index (χ4v) is 3.72. The molecule has 0 radical (unpaired) electrons. The van der Waals surface area contributed by atoms with Crippen molar-refractivity contribution in [2.24, 2.45) is 0 Å². The minimum atomic E-state index is -3.88. The number of benzene rings is 3. The molecule has 2 N–H and O–H groups in total. The van der Waals surface area contributed by atoms with Gasteiger partial charge in [0.15, 0.2) is 0 Å². The Bertz CT molecular complexity index is 1150. The van der Waals surface area contributed by atoms with Crippen molar-refractivity contribution >= 4 is 27.3 Å². The van der Waals surface area contributed by atoms with E-state index in [2.05, 4.69) is 10.0 Å². The molecular formula is C21H19FN2O4S. The van der Waals surface area contributed by atoms with Crippen molar-refractivity contribution in [1.82, 2.24) is 0 Å². The molecule has 150 valence electrons. The molecule has 0 unspecified atom stereocenters. The summed E-state index contributed by atoms with van der Waals surface area (Å²) in [6.45, 7) is 1.78. The molecule has 6 nitrogen and oxygen atoms in total. The Morgan fingerprint density at radius 3 is 2.34 bits per heavy atom. The maximum Gasteiger partial charge on any atom is 0.262 e. The van der Waals surface area contributed by atoms with Crippen LogP contribution < -0.4 is 14.8 Å². The number of carbonyl (C=O) groups excluding carboxylic acids is 1. The SMILES string of the molecule is COc1ccccc1NS(=O)(=O)c1ccc(C(=O)Nc2cc(C)ccc2F)cc1. The molecule has 0 heterocycles. The minimum Gasteiger partial charge on any atom is -0.495 e. The van der Waals surface area contributed by atoms with Gasteiger partial charge in [-0.05, 0) is 61.0 Å². The maximum absolute atomic E-state index is 13.8. The van der Waals surface area contributed by atoms with E-state index in [0.717, 1.165) is 5.56 Å². The zero-order chi connectivity index (χ0) is 21.0. The van der Waals surface area contributed by atoms with Gasteiger partial charge in [0.05, 0.1) is 23.4 Å². The van der Waals surface area contributed by atoms with Gasteiger partial charge in [0.1, 0.15) is 11.6 Å². The Morgan fingerprint density at radius 1 is 0.966 bits per heavy atom. The number of nitrogens with one attached hydrogen (secondary N) is 2. The highest BCUT2D eigenvalue weighted by Gasteiger charge is 2.17. The van der Waals surface area contributed by atoms with Crippen LogP contribution in [0.1, 0.15) is 15.9 Å². The van der Waals surface area contributed by atoms with Gasteiger partial charge in [-0.1, -0.05) is 18.2 Å². The molecule has 0 spiro atoms. The van der Waals surface area contributed by atoms with Crippen LogP contribution in [-0.4, -0.2) is 21.4 Å². The first kappa shape index (κ1) is 20.3. The van der Waals surface area contributed by atoms with E-state index in [1.807, 2.05) is 0 Å². The Hall–Kier alpha value is -3.39. The number of rotatable bonds is 6. The summed E-state index contributed by atoms with van der Waals surface area (Å²) in [6.07, 6.45) is 0. The van der Waals surface area contributed by atoms with Gasteiger partial charge >= 0.3 is 0 Å². The van der Waals surface area contributed by atoms with Gasteiger partial charge in [-0.3, -0.25) is 9.52 Å². The second kappa shape index (κ2) is 8.32. The molecule has 3 aromatic carbocycles. The molecule has 3 aromatic rings. The molecule has 8 heteroatoms. The lowest BCUT2D eigenvalue weighted by atomic mass is 10.2. The predicted molar refractivity (Wildman–Crippen MR) is 109 cm³/mol. The van der Waals surface area contributed by atoms with E-state index in [0.29, 0.717) is 11.4 Å². The van der Waals surface area contributed by atoms with Crippen LogP contribution in [0.5, 0.6) is 5.75 Å². The second-order valence-electron chi connectivity index (χ2n) is 6.27. The summed E-state index contributed by atoms with van der Waals surface area (Å²) in [7, 11) is -2.44. The third kappa shape index (κ3) is 4.72. The van der Waals surface area contributed by atoms with E-state index < -0.39 is 21.7 Å². The lowest BCUT2D eigenvalue weighted by Crippen LogP contribution is -2.15. The van der Waals surface area contributed by atoms with Crippen molar-refractivity contribution in [3.63, 3.8) is 0 Å². The Kier molecular flexibility index (Phi) is 5.84. The molecule has 1 amide bonds. The highest BCUT2D eigenvalue weighted by atomic mass is 32.2. The molecule has 0 aliphatic carbocycles. The Morgan fingerprint density at radius 2 is 1.66 bits per heavy atom. The van der Waals surface area contributed by atoms with Crippen LogP contribution in [0.15, 0.2) is 71.6 Å². The Labute approximate surface area is 168 Å². The zero-order valence-electron chi connectivity index (χ0n) is 15.8. The molecular weight excluding hydrogens is 395 g/mol. The van der Waals surface area contributed by atoms with Crippen molar-refractivity contribution in [3.8, 4) is 5.75 Å². The average Bonchev–Trinajstić information content (AvgIpc) is 2.71. The molecule has 0 saturated carbocycles. The predicted octanol–water partition coefficient (Wildman–Crippen LogP) is 4.20. The molecule has 29 heavy (non-hydrogen) atoms. The van der Waals surface area contributed by atoms with E-state index in [1.165, 1.54) is 43.5 Å². The fourth-order valence-electron chi connectivity index (χ4n) is 2.65. The maximum atomic E-state index is 13.8. The van der Waals surface area contributed by atoms with Crippen LogP contribution in [0.3, 0.4) is 0 Å². The van der Waals surface area contributed by atoms with Crippen molar-refractivity contribution in [2.45, 2.75) is 11.8 Å². The zero-order valence-corrected chi connectivity index (χ0v) is 16.6. The van der Waals surface area contributed by atoms with Crippen LogP contribution in [0, 0.1) is 12.7 Å². The highest BCUT2D eigenvalue weighted by molar-refractivity contribution is 7.92. The summed E-state index contributed by atoms with van der Waals surface area (Å²) >= 11 is 0. The summed E-state index contributed by atoms with van der Waals surface area (Å²) in [4.78, 5) is 12.3. The quantitative estimate of drug-likeness (QED) is 0.633. The third-order valence-electron chi connectivity index (χ3n) is 4.15. The van der Waals surface area contributed by atoms with Gasteiger partial charge in [0.25, 0.3) is 15.9 Å². The van der Waals surface area contributed by atoms with Crippen LogP contribution in [0.2, 0.25) is 0 Å². The Balaban J connectivity index is 1.78. The van der Waals surface area contributed by atoms with Gasteiger partial charge in [-0.25, -0.2) is 12.8 Å². The van der Waals surface area contributed by atoms with Crippen LogP contribution >= 0.6 is 0 Å². The number of anilines is 2. The second-order valence-corrected chi connectivity index (χ2v) is 7.95. The number of aryl methyl sites for hydroxylation is 1. The van der Waals surface area contributed by atoms with Crippen molar-refractivity contribution < 1.29 is 22.3 Å². The number of amides is 1. The van der Waals surface area contributed by atoms with Crippen LogP contribution in [-0.2, 0) is 10.0 Å². The van der Waals surface area contributed by atoms with Crippen molar-refractivity contribution in [2.75, 3.05) is 17.1 Å². The van der Waals surface area contributed by atoms with Gasteiger partial charge in [-0.2, -0.15) is 0 Å². The van der Waals surface area contributed by atoms with Crippen LogP contribution in [0.4, 0.5) is 15.8 Å². The number of carbonyl (C=O) groups is 1. The number of ether oxygens (including phenoxy) is 1. The number of halogens is 1. The molecule has 3 rings (SSSR count). The summed E-state index contributed by atoms with van der Waals surface area (Å²) in [5.74, 6) is -0.715. The smallest absolute Gasteiger partial charge is 0.262 e. The molecule has 0 bridgehead atoms. The van der Waals surface area contributed by atoms with E-state index >= 15 is 0 Å². The van der Waals surface area contributed by atoms with Gasteiger partial charge in [0.2, 0.25) is 0 Å². The molecule has 0 aromatic heterocycles. The monoisotopic (exact) mass is 414 g/mol. The first-order chi connectivity index (χ1) is 13.8. The molecule has 0 atom stereocenters. The van der Waals surface area contributed by atoms with Crippen LogP contribution in [0.25, 0.3) is 0 Å². The largest absolute Gasteiger partial charge is 0.495 e. The van der Waals surface area contributed by atoms with E-state index in [4.69, 9.17) is 4.74 Å². The number of sulfonamides is 1.